The highest BCUT2D eigenvalue weighted by Crippen LogP contribution is 2.29. The van der Waals surface area contributed by atoms with Crippen LogP contribution in [0.15, 0.2) is 18.2 Å². The van der Waals surface area contributed by atoms with E-state index in [9.17, 15) is 13.2 Å². The van der Waals surface area contributed by atoms with Crippen molar-refractivity contribution in [2.75, 3.05) is 19.6 Å². The summed E-state index contributed by atoms with van der Waals surface area (Å²) in [5.74, 6) is -0.105. The van der Waals surface area contributed by atoms with Crippen LogP contribution >= 0.6 is 0 Å². The molecule has 0 amide bonds. The molecule has 1 aliphatic rings. The van der Waals surface area contributed by atoms with Crippen molar-refractivity contribution >= 4 is 11.1 Å². The van der Waals surface area contributed by atoms with Gasteiger partial charge in [-0.2, -0.15) is 0 Å². The minimum Gasteiger partial charge on any atom is -0.772 e. The Morgan fingerprint density at radius 2 is 2.05 bits per heavy atom. The van der Waals surface area contributed by atoms with E-state index < -0.39 is 11.1 Å². The van der Waals surface area contributed by atoms with E-state index in [0.717, 1.165) is 38.0 Å². The Morgan fingerprint density at radius 3 is 2.63 bits per heavy atom. The van der Waals surface area contributed by atoms with Crippen molar-refractivity contribution in [1.82, 2.24) is 4.90 Å². The second-order valence-electron chi connectivity index (χ2n) is 5.05. The zero-order chi connectivity index (χ0) is 13.8. The third-order valence-electron chi connectivity index (χ3n) is 3.77. The molecular weight excluding hydrogens is 265 g/mol. The first-order valence-corrected chi connectivity index (χ1v) is 7.90. The van der Waals surface area contributed by atoms with Crippen LogP contribution in [0.2, 0.25) is 0 Å². The Morgan fingerprint density at radius 1 is 1.37 bits per heavy atom. The van der Waals surface area contributed by atoms with Gasteiger partial charge in [0.25, 0.3) is 0 Å². The second-order valence-corrected chi connectivity index (χ2v) is 5.95. The van der Waals surface area contributed by atoms with Gasteiger partial charge in [0.15, 0.2) is 0 Å². The van der Waals surface area contributed by atoms with E-state index in [2.05, 4.69) is 11.8 Å². The van der Waals surface area contributed by atoms with Gasteiger partial charge >= 0.3 is 0 Å². The number of benzene rings is 1. The summed E-state index contributed by atoms with van der Waals surface area (Å²) in [6, 6.07) is 4.69. The zero-order valence-electron chi connectivity index (χ0n) is 11.1. The highest BCUT2D eigenvalue weighted by Gasteiger charge is 2.20. The molecule has 1 saturated heterocycles. The molecule has 0 radical (unpaired) electrons. The first-order chi connectivity index (χ1) is 9.08. The van der Waals surface area contributed by atoms with Crippen LogP contribution in [0.4, 0.5) is 4.39 Å². The normalized spacial score (nSPS) is 19.5. The minimum atomic E-state index is -2.17. The van der Waals surface area contributed by atoms with Crippen molar-refractivity contribution in [2.45, 2.75) is 31.4 Å². The fraction of sp³-hybridized carbons (Fsp3) is 0.571. The van der Waals surface area contributed by atoms with Crippen molar-refractivity contribution in [2.24, 2.45) is 0 Å². The van der Waals surface area contributed by atoms with Gasteiger partial charge in [-0.25, -0.2) is 4.39 Å². The van der Waals surface area contributed by atoms with Crippen LogP contribution in [0.1, 0.15) is 36.8 Å². The molecule has 0 aliphatic carbocycles. The molecule has 2 rings (SSSR count). The smallest absolute Gasteiger partial charge is 0.123 e. The Bertz CT molecular complexity index is 459. The molecule has 0 N–H and O–H groups in total. The first-order valence-electron chi connectivity index (χ1n) is 6.66. The molecule has 1 atom stereocenters. The predicted molar refractivity (Wildman–Crippen MR) is 73.1 cm³/mol. The van der Waals surface area contributed by atoms with Crippen molar-refractivity contribution in [1.29, 1.82) is 0 Å². The van der Waals surface area contributed by atoms with Crippen molar-refractivity contribution in [3.63, 3.8) is 0 Å². The molecule has 19 heavy (non-hydrogen) atoms. The third-order valence-corrected chi connectivity index (χ3v) is 4.34. The molecule has 0 saturated carbocycles. The SMILES string of the molecule is CCN1CCC(c2cc(F)cc(CS(=O)[O-])c2)CC1. The molecule has 1 heterocycles. The summed E-state index contributed by atoms with van der Waals surface area (Å²) in [6.07, 6.45) is 2.02. The molecule has 0 bridgehead atoms. The molecular formula is C14H19FNO2S-. The van der Waals surface area contributed by atoms with Gasteiger partial charge in [0.05, 0.1) is 0 Å². The topological polar surface area (TPSA) is 43.4 Å². The number of hydrogen-bond donors (Lipinski definition) is 0. The molecule has 1 aromatic carbocycles. The van der Waals surface area contributed by atoms with E-state index in [1.165, 1.54) is 6.07 Å². The van der Waals surface area contributed by atoms with E-state index in [1.807, 2.05) is 6.07 Å². The van der Waals surface area contributed by atoms with E-state index in [4.69, 9.17) is 0 Å². The quantitative estimate of drug-likeness (QED) is 0.797. The molecule has 1 aliphatic heterocycles. The maximum Gasteiger partial charge on any atom is 0.123 e. The number of nitrogens with zero attached hydrogens (tertiary/aromatic N) is 1. The van der Waals surface area contributed by atoms with Crippen molar-refractivity contribution in [3.8, 4) is 0 Å². The lowest BCUT2D eigenvalue weighted by atomic mass is 9.88. The van der Waals surface area contributed by atoms with Gasteiger partial charge in [-0.15, -0.1) is 0 Å². The van der Waals surface area contributed by atoms with Gasteiger partial charge in [-0.3, -0.25) is 4.21 Å². The molecule has 3 nitrogen and oxygen atoms in total. The maximum atomic E-state index is 13.6. The van der Waals surface area contributed by atoms with Crippen LogP contribution < -0.4 is 0 Å². The van der Waals surface area contributed by atoms with Crippen molar-refractivity contribution < 1.29 is 13.2 Å². The summed E-state index contributed by atoms with van der Waals surface area (Å²) in [4.78, 5) is 2.38. The number of rotatable bonds is 4. The van der Waals surface area contributed by atoms with Crippen LogP contribution in [0.25, 0.3) is 0 Å². The van der Waals surface area contributed by atoms with Gasteiger partial charge in [0, 0.05) is 5.75 Å². The summed E-state index contributed by atoms with van der Waals surface area (Å²) in [6.45, 7) is 5.25. The minimum absolute atomic E-state index is 0.113. The summed E-state index contributed by atoms with van der Waals surface area (Å²) in [5.41, 5.74) is 1.48. The number of hydrogen-bond acceptors (Lipinski definition) is 3. The molecule has 0 spiro atoms. The van der Waals surface area contributed by atoms with Crippen LogP contribution in [-0.2, 0) is 16.8 Å². The fourth-order valence-corrected chi connectivity index (χ4v) is 3.15. The highest BCUT2D eigenvalue weighted by atomic mass is 32.2. The third kappa shape index (κ3) is 4.09. The Kier molecular flexibility index (Phi) is 5.07. The lowest BCUT2D eigenvalue weighted by Crippen LogP contribution is -2.32. The highest BCUT2D eigenvalue weighted by molar-refractivity contribution is 7.78. The van der Waals surface area contributed by atoms with E-state index in [1.54, 1.807) is 6.07 Å². The lowest BCUT2D eigenvalue weighted by molar-refractivity contribution is 0.222. The second kappa shape index (κ2) is 6.59. The largest absolute Gasteiger partial charge is 0.772 e. The van der Waals surface area contributed by atoms with Crippen LogP contribution in [-0.4, -0.2) is 33.3 Å². The molecule has 0 aromatic heterocycles. The number of likely N-dealkylation sites (tertiary alicyclic amines) is 1. The van der Waals surface area contributed by atoms with Crippen LogP contribution in [0.3, 0.4) is 0 Å². The summed E-state index contributed by atoms with van der Waals surface area (Å²) >= 11 is -2.17. The average molecular weight is 284 g/mol. The van der Waals surface area contributed by atoms with Gasteiger partial charge in [-0.05, 0) is 61.7 Å². The van der Waals surface area contributed by atoms with Gasteiger partial charge in [0.2, 0.25) is 0 Å². The van der Waals surface area contributed by atoms with Gasteiger partial charge in [0.1, 0.15) is 5.82 Å². The molecule has 5 heteroatoms. The fourth-order valence-electron chi connectivity index (χ4n) is 2.71. The Balaban J connectivity index is 2.11. The Hall–Kier alpha value is -0.780. The van der Waals surface area contributed by atoms with Gasteiger partial charge in [-0.1, -0.05) is 24.1 Å². The molecule has 106 valence electrons. The monoisotopic (exact) mass is 284 g/mol. The Labute approximate surface area is 116 Å². The number of halogens is 1. The van der Waals surface area contributed by atoms with E-state index in [0.29, 0.717) is 11.5 Å². The number of piperidine rings is 1. The maximum absolute atomic E-state index is 13.6. The van der Waals surface area contributed by atoms with Gasteiger partial charge < -0.3 is 9.45 Å². The van der Waals surface area contributed by atoms with Crippen LogP contribution in [0.5, 0.6) is 0 Å². The standard InChI is InChI=1S/C14H20FNO2S/c1-2-16-5-3-12(4-6-16)13-7-11(10-19(17)18)8-14(15)9-13/h7-9,12H,2-6,10H2,1H3,(H,17,18)/p-1. The molecule has 1 unspecified atom stereocenters. The van der Waals surface area contributed by atoms with Crippen LogP contribution in [0, 0.1) is 5.82 Å². The first kappa shape index (κ1) is 14.6. The molecule has 1 aromatic rings. The van der Waals surface area contributed by atoms with E-state index >= 15 is 0 Å². The molecule has 1 fully saturated rings. The van der Waals surface area contributed by atoms with E-state index in [-0.39, 0.29) is 11.6 Å². The summed E-state index contributed by atoms with van der Waals surface area (Å²) in [5, 5.41) is 0. The lowest BCUT2D eigenvalue weighted by Gasteiger charge is -2.31. The van der Waals surface area contributed by atoms with Crippen molar-refractivity contribution in [3.05, 3.63) is 35.1 Å². The zero-order valence-corrected chi connectivity index (χ0v) is 11.9. The average Bonchev–Trinajstić information content (AvgIpc) is 2.37. The summed E-state index contributed by atoms with van der Waals surface area (Å²) < 4.78 is 35.0. The summed E-state index contributed by atoms with van der Waals surface area (Å²) in [7, 11) is 0. The predicted octanol–water partition coefficient (Wildman–Crippen LogP) is 2.40.